The van der Waals surface area contributed by atoms with Crippen LogP contribution in [0.15, 0.2) is 18.2 Å². The Bertz CT molecular complexity index is 420. The number of benzene rings is 1. The third-order valence-corrected chi connectivity index (χ3v) is 3.97. The molecule has 1 aromatic rings. The van der Waals surface area contributed by atoms with Crippen LogP contribution >= 0.6 is 0 Å². The molecule has 0 bridgehead atoms. The smallest absolute Gasteiger partial charge is 0.122 e. The highest BCUT2D eigenvalue weighted by molar-refractivity contribution is 5.42. The maximum Gasteiger partial charge on any atom is 0.122 e. The summed E-state index contributed by atoms with van der Waals surface area (Å²) in [6, 6.07) is 5.95. The molecule has 0 saturated heterocycles. The van der Waals surface area contributed by atoms with Gasteiger partial charge < -0.3 is 15.2 Å². The van der Waals surface area contributed by atoms with Crippen LogP contribution in [-0.2, 0) is 5.54 Å². The fraction of sp³-hybridized carbons (Fsp3) is 0.600. The summed E-state index contributed by atoms with van der Waals surface area (Å²) in [6.45, 7) is 4.55. The zero-order chi connectivity index (χ0) is 13.4. The third kappa shape index (κ3) is 2.46. The quantitative estimate of drug-likeness (QED) is 0.895. The molecule has 100 valence electrons. The highest BCUT2D eigenvalue weighted by Gasteiger charge is 2.41. The lowest BCUT2D eigenvalue weighted by molar-refractivity contribution is 0.336. The first-order chi connectivity index (χ1) is 8.38. The molecular formula is C15H23NO2. The van der Waals surface area contributed by atoms with Crippen molar-refractivity contribution in [2.75, 3.05) is 14.2 Å². The van der Waals surface area contributed by atoms with E-state index in [4.69, 9.17) is 15.2 Å². The van der Waals surface area contributed by atoms with Crippen LogP contribution in [0.25, 0.3) is 0 Å². The Labute approximate surface area is 109 Å². The van der Waals surface area contributed by atoms with Gasteiger partial charge in [0.2, 0.25) is 0 Å². The molecule has 1 aliphatic carbocycles. The van der Waals surface area contributed by atoms with Crippen molar-refractivity contribution in [1.82, 2.24) is 0 Å². The Morgan fingerprint density at radius 3 is 1.94 bits per heavy atom. The van der Waals surface area contributed by atoms with Gasteiger partial charge in [0.1, 0.15) is 11.5 Å². The Hall–Kier alpha value is -1.22. The van der Waals surface area contributed by atoms with Crippen molar-refractivity contribution in [3.05, 3.63) is 23.8 Å². The molecule has 1 aliphatic rings. The van der Waals surface area contributed by atoms with Crippen molar-refractivity contribution in [2.24, 2.45) is 11.1 Å². The van der Waals surface area contributed by atoms with Crippen molar-refractivity contribution in [3.63, 3.8) is 0 Å². The molecule has 1 saturated carbocycles. The van der Waals surface area contributed by atoms with E-state index in [1.165, 1.54) is 0 Å². The molecule has 1 atom stereocenters. The Kier molecular flexibility index (Phi) is 3.28. The summed E-state index contributed by atoms with van der Waals surface area (Å²) in [5.74, 6) is 1.61. The molecule has 1 unspecified atom stereocenters. The molecule has 0 radical (unpaired) electrons. The number of methoxy groups -OCH3 is 2. The molecule has 0 aliphatic heterocycles. The molecule has 3 heteroatoms. The summed E-state index contributed by atoms with van der Waals surface area (Å²) in [5, 5.41) is 0. The van der Waals surface area contributed by atoms with E-state index >= 15 is 0 Å². The van der Waals surface area contributed by atoms with Crippen LogP contribution in [0.4, 0.5) is 0 Å². The van der Waals surface area contributed by atoms with Crippen molar-refractivity contribution in [3.8, 4) is 11.5 Å². The molecule has 0 amide bonds. The molecule has 1 aromatic carbocycles. The Morgan fingerprint density at radius 1 is 1.00 bits per heavy atom. The van der Waals surface area contributed by atoms with Gasteiger partial charge in [-0.3, -0.25) is 0 Å². The van der Waals surface area contributed by atoms with Gasteiger partial charge in [-0.1, -0.05) is 13.8 Å². The van der Waals surface area contributed by atoms with Crippen molar-refractivity contribution in [1.29, 1.82) is 0 Å². The first-order valence-electron chi connectivity index (χ1n) is 6.41. The summed E-state index contributed by atoms with van der Waals surface area (Å²) in [7, 11) is 3.33. The normalized spacial score (nSPS) is 26.1. The van der Waals surface area contributed by atoms with Crippen LogP contribution in [-0.4, -0.2) is 14.2 Å². The Morgan fingerprint density at radius 2 is 1.56 bits per heavy atom. The standard InChI is InChI=1S/C15H23NO2/c1-14(2)5-6-15(16,10-14)11-7-12(17-3)9-13(8-11)18-4/h7-9H,5-6,10,16H2,1-4H3. The van der Waals surface area contributed by atoms with Gasteiger partial charge in [0.15, 0.2) is 0 Å². The van der Waals surface area contributed by atoms with E-state index in [0.717, 1.165) is 36.3 Å². The monoisotopic (exact) mass is 249 g/mol. The SMILES string of the molecule is COc1cc(OC)cc(C2(N)CCC(C)(C)C2)c1. The Balaban J connectivity index is 2.38. The minimum absolute atomic E-state index is 0.259. The number of nitrogens with two attached hydrogens (primary N) is 1. The topological polar surface area (TPSA) is 44.5 Å². The van der Waals surface area contributed by atoms with Crippen molar-refractivity contribution < 1.29 is 9.47 Å². The first kappa shape index (κ1) is 13.2. The van der Waals surface area contributed by atoms with Gasteiger partial charge >= 0.3 is 0 Å². The van der Waals surface area contributed by atoms with Crippen LogP contribution in [0.5, 0.6) is 11.5 Å². The number of hydrogen-bond donors (Lipinski definition) is 1. The van der Waals surface area contributed by atoms with Gasteiger partial charge in [-0.05, 0) is 42.4 Å². The lowest BCUT2D eigenvalue weighted by atomic mass is 9.84. The second-order valence-electron chi connectivity index (χ2n) is 6.10. The van der Waals surface area contributed by atoms with E-state index in [0.29, 0.717) is 5.41 Å². The highest BCUT2D eigenvalue weighted by Crippen LogP contribution is 2.48. The molecule has 0 aromatic heterocycles. The van der Waals surface area contributed by atoms with Crippen LogP contribution in [0.3, 0.4) is 0 Å². The van der Waals surface area contributed by atoms with Crippen LogP contribution in [0.2, 0.25) is 0 Å². The zero-order valence-corrected chi connectivity index (χ0v) is 11.7. The highest BCUT2D eigenvalue weighted by atomic mass is 16.5. The van der Waals surface area contributed by atoms with E-state index in [1.807, 2.05) is 18.2 Å². The fourth-order valence-electron chi connectivity index (χ4n) is 2.93. The predicted molar refractivity (Wildman–Crippen MR) is 73.0 cm³/mol. The van der Waals surface area contributed by atoms with Gasteiger partial charge in [0.25, 0.3) is 0 Å². The average Bonchev–Trinajstić information content (AvgIpc) is 2.64. The second-order valence-corrected chi connectivity index (χ2v) is 6.10. The predicted octanol–water partition coefficient (Wildman–Crippen LogP) is 3.07. The molecule has 1 fully saturated rings. The molecule has 18 heavy (non-hydrogen) atoms. The first-order valence-corrected chi connectivity index (χ1v) is 6.41. The average molecular weight is 249 g/mol. The van der Waals surface area contributed by atoms with Crippen LogP contribution in [0.1, 0.15) is 38.7 Å². The van der Waals surface area contributed by atoms with E-state index in [9.17, 15) is 0 Å². The molecule has 0 heterocycles. The van der Waals surface area contributed by atoms with Gasteiger partial charge in [0, 0.05) is 11.6 Å². The summed E-state index contributed by atoms with van der Waals surface area (Å²) in [6.07, 6.45) is 3.16. The third-order valence-electron chi connectivity index (χ3n) is 3.97. The van der Waals surface area contributed by atoms with Crippen molar-refractivity contribution in [2.45, 2.75) is 38.6 Å². The summed E-state index contributed by atoms with van der Waals surface area (Å²) >= 11 is 0. The second kappa shape index (κ2) is 4.47. The molecule has 2 rings (SSSR count). The van der Waals surface area contributed by atoms with Crippen LogP contribution < -0.4 is 15.2 Å². The zero-order valence-electron chi connectivity index (χ0n) is 11.7. The maximum absolute atomic E-state index is 6.59. The van der Waals surface area contributed by atoms with E-state index < -0.39 is 0 Å². The van der Waals surface area contributed by atoms with E-state index in [2.05, 4.69) is 13.8 Å². The number of ether oxygens (including phenoxy) is 2. The summed E-state index contributed by atoms with van der Waals surface area (Å²) in [5.41, 5.74) is 7.76. The van der Waals surface area contributed by atoms with E-state index in [1.54, 1.807) is 14.2 Å². The van der Waals surface area contributed by atoms with Gasteiger partial charge in [-0.2, -0.15) is 0 Å². The summed E-state index contributed by atoms with van der Waals surface area (Å²) < 4.78 is 10.6. The lowest BCUT2D eigenvalue weighted by Gasteiger charge is -2.27. The van der Waals surface area contributed by atoms with Gasteiger partial charge in [-0.15, -0.1) is 0 Å². The number of rotatable bonds is 3. The van der Waals surface area contributed by atoms with Crippen LogP contribution in [0, 0.1) is 5.41 Å². The minimum Gasteiger partial charge on any atom is -0.497 e. The molecule has 3 nitrogen and oxygen atoms in total. The largest absolute Gasteiger partial charge is 0.497 e. The lowest BCUT2D eigenvalue weighted by Crippen LogP contribution is -2.34. The summed E-state index contributed by atoms with van der Waals surface area (Å²) in [4.78, 5) is 0. The minimum atomic E-state index is -0.259. The molecule has 2 N–H and O–H groups in total. The van der Waals surface area contributed by atoms with Crippen molar-refractivity contribution >= 4 is 0 Å². The molecule has 0 spiro atoms. The number of hydrogen-bond acceptors (Lipinski definition) is 3. The fourth-order valence-corrected chi connectivity index (χ4v) is 2.93. The maximum atomic E-state index is 6.59. The van der Waals surface area contributed by atoms with E-state index in [-0.39, 0.29) is 5.54 Å². The van der Waals surface area contributed by atoms with Gasteiger partial charge in [0.05, 0.1) is 14.2 Å². The van der Waals surface area contributed by atoms with Gasteiger partial charge in [-0.25, -0.2) is 0 Å². The molecular weight excluding hydrogens is 226 g/mol.